The minimum absolute atomic E-state index is 0.144. The van der Waals surface area contributed by atoms with Gasteiger partial charge < -0.3 is 9.84 Å². The van der Waals surface area contributed by atoms with Gasteiger partial charge >= 0.3 is 0 Å². The summed E-state index contributed by atoms with van der Waals surface area (Å²) in [7, 11) is -3.74. The van der Waals surface area contributed by atoms with Gasteiger partial charge in [0.05, 0.1) is 12.2 Å². The third kappa shape index (κ3) is 2.97. The number of ether oxygens (including phenoxy) is 1. The average Bonchev–Trinajstić information content (AvgIpc) is 2.94. The summed E-state index contributed by atoms with van der Waals surface area (Å²) in [5.41, 5.74) is 0.383. The molecule has 0 amide bonds. The van der Waals surface area contributed by atoms with Gasteiger partial charge in [0.15, 0.2) is 5.03 Å². The first-order valence-electron chi connectivity index (χ1n) is 6.16. The van der Waals surface area contributed by atoms with Gasteiger partial charge in [-0.25, -0.2) is 13.1 Å². The molecule has 1 fully saturated rings. The maximum atomic E-state index is 12.2. The number of aliphatic hydroxyl groups is 1. The molecule has 1 aliphatic heterocycles. The van der Waals surface area contributed by atoms with Gasteiger partial charge in [0.2, 0.25) is 0 Å². The van der Waals surface area contributed by atoms with E-state index in [0.717, 1.165) is 12.8 Å². The summed E-state index contributed by atoms with van der Waals surface area (Å²) in [6.45, 7) is 4.03. The summed E-state index contributed by atoms with van der Waals surface area (Å²) < 4.78 is 32.4. The number of rotatable bonds is 5. The van der Waals surface area contributed by atoms with Crippen LogP contribution in [0.4, 0.5) is 0 Å². The second-order valence-corrected chi connectivity index (χ2v) is 6.70. The Hall–Kier alpha value is -0.960. The lowest BCUT2D eigenvalue weighted by atomic mass is 10.0. The van der Waals surface area contributed by atoms with Crippen molar-refractivity contribution in [1.29, 1.82) is 0 Å². The molecule has 0 radical (unpaired) electrons. The third-order valence-corrected chi connectivity index (χ3v) is 4.76. The van der Waals surface area contributed by atoms with E-state index in [2.05, 4.69) is 14.9 Å². The highest BCUT2D eigenvalue weighted by Gasteiger charge is 2.32. The first kappa shape index (κ1) is 14.4. The summed E-state index contributed by atoms with van der Waals surface area (Å²) in [5, 5.41) is 15.4. The second kappa shape index (κ2) is 5.20. The Morgan fingerprint density at radius 1 is 1.58 bits per heavy atom. The van der Waals surface area contributed by atoms with Crippen LogP contribution in [0, 0.1) is 6.92 Å². The van der Waals surface area contributed by atoms with Crippen molar-refractivity contribution >= 4 is 10.0 Å². The quantitative estimate of drug-likeness (QED) is 0.711. The zero-order valence-corrected chi connectivity index (χ0v) is 11.9. The topological polar surface area (TPSA) is 104 Å². The van der Waals surface area contributed by atoms with Crippen LogP contribution < -0.4 is 4.72 Å². The summed E-state index contributed by atoms with van der Waals surface area (Å²) in [5.74, 6) is 0. The molecule has 1 aromatic heterocycles. The van der Waals surface area contributed by atoms with Gasteiger partial charge in [-0.2, -0.15) is 5.10 Å². The van der Waals surface area contributed by atoms with Crippen LogP contribution in [0.3, 0.4) is 0 Å². The van der Waals surface area contributed by atoms with E-state index < -0.39 is 15.6 Å². The Kier molecular flexibility index (Phi) is 3.95. The predicted molar refractivity (Wildman–Crippen MR) is 68.0 cm³/mol. The van der Waals surface area contributed by atoms with Crippen LogP contribution in [0.25, 0.3) is 0 Å². The van der Waals surface area contributed by atoms with E-state index >= 15 is 0 Å². The third-order valence-electron chi connectivity index (χ3n) is 3.39. The Morgan fingerprint density at radius 2 is 2.32 bits per heavy atom. The highest BCUT2D eigenvalue weighted by Crippen LogP contribution is 2.25. The standard InChI is InChI=1S/C11H19N3O4S/c1-8-9(6-15)10(14-13-8)19(16,17)12-7-11(2)4-3-5-18-11/h12,15H,3-7H2,1-2H3,(H,13,14). The van der Waals surface area contributed by atoms with E-state index in [1.165, 1.54) is 0 Å². The Labute approximate surface area is 112 Å². The Morgan fingerprint density at radius 3 is 2.89 bits per heavy atom. The van der Waals surface area contributed by atoms with E-state index in [-0.39, 0.29) is 18.2 Å². The molecule has 2 rings (SSSR count). The molecule has 1 aromatic rings. The number of aliphatic hydroxyl groups excluding tert-OH is 1. The van der Waals surface area contributed by atoms with Crippen molar-refractivity contribution in [2.24, 2.45) is 0 Å². The van der Waals surface area contributed by atoms with Crippen LogP contribution in [0.15, 0.2) is 5.03 Å². The van der Waals surface area contributed by atoms with Gasteiger partial charge in [-0.3, -0.25) is 5.10 Å². The van der Waals surface area contributed by atoms with E-state index in [0.29, 0.717) is 17.9 Å². The van der Waals surface area contributed by atoms with Crippen molar-refractivity contribution in [3.05, 3.63) is 11.3 Å². The first-order chi connectivity index (χ1) is 8.88. The van der Waals surface area contributed by atoms with Gasteiger partial charge in [0, 0.05) is 24.4 Å². The van der Waals surface area contributed by atoms with E-state index in [1.54, 1.807) is 6.92 Å². The van der Waals surface area contributed by atoms with Crippen molar-refractivity contribution in [3.63, 3.8) is 0 Å². The number of nitrogens with zero attached hydrogens (tertiary/aromatic N) is 1. The molecular formula is C11H19N3O4S. The van der Waals surface area contributed by atoms with Gasteiger partial charge in [-0.1, -0.05) is 0 Å². The number of hydrogen-bond acceptors (Lipinski definition) is 5. The van der Waals surface area contributed by atoms with Crippen LogP contribution >= 0.6 is 0 Å². The Bertz CT molecular complexity index is 546. The highest BCUT2D eigenvalue weighted by atomic mass is 32.2. The number of nitrogens with one attached hydrogen (secondary N) is 2. The van der Waals surface area contributed by atoms with Gasteiger partial charge in [-0.15, -0.1) is 0 Å². The zero-order valence-electron chi connectivity index (χ0n) is 11.1. The molecule has 3 N–H and O–H groups in total. The molecule has 2 heterocycles. The summed E-state index contributed by atoms with van der Waals surface area (Å²) in [6, 6.07) is 0. The molecule has 1 aliphatic rings. The minimum atomic E-state index is -3.74. The van der Waals surface area contributed by atoms with Crippen LogP contribution in [0.2, 0.25) is 0 Å². The van der Waals surface area contributed by atoms with E-state index in [1.807, 2.05) is 6.92 Å². The van der Waals surface area contributed by atoms with Gasteiger partial charge in [-0.05, 0) is 26.7 Å². The smallest absolute Gasteiger partial charge is 0.260 e. The van der Waals surface area contributed by atoms with E-state index in [9.17, 15) is 13.5 Å². The molecule has 0 aliphatic carbocycles. The maximum absolute atomic E-state index is 12.2. The van der Waals surface area contributed by atoms with Crippen molar-refractivity contribution in [2.75, 3.05) is 13.2 Å². The highest BCUT2D eigenvalue weighted by molar-refractivity contribution is 7.89. The van der Waals surface area contributed by atoms with Crippen LogP contribution in [0.1, 0.15) is 31.0 Å². The molecule has 7 nitrogen and oxygen atoms in total. The number of aryl methyl sites for hydroxylation is 1. The number of hydrogen-bond donors (Lipinski definition) is 3. The van der Waals surface area contributed by atoms with E-state index in [4.69, 9.17) is 4.74 Å². The van der Waals surface area contributed by atoms with Crippen molar-refractivity contribution in [3.8, 4) is 0 Å². The number of H-pyrrole nitrogens is 1. The predicted octanol–water partition coefficient (Wildman–Crippen LogP) is 0.0578. The van der Waals surface area contributed by atoms with Crippen molar-refractivity contribution in [2.45, 2.75) is 43.9 Å². The van der Waals surface area contributed by atoms with Crippen LogP contribution in [-0.4, -0.2) is 42.5 Å². The first-order valence-corrected chi connectivity index (χ1v) is 7.65. The molecule has 1 unspecified atom stereocenters. The van der Waals surface area contributed by atoms with Crippen LogP contribution in [0.5, 0.6) is 0 Å². The number of sulfonamides is 1. The average molecular weight is 289 g/mol. The van der Waals surface area contributed by atoms with Crippen molar-refractivity contribution < 1.29 is 18.3 Å². The molecule has 19 heavy (non-hydrogen) atoms. The lowest BCUT2D eigenvalue weighted by molar-refractivity contribution is 0.0250. The maximum Gasteiger partial charge on any atom is 0.260 e. The second-order valence-electron chi connectivity index (χ2n) is 5.02. The van der Waals surface area contributed by atoms with Crippen LogP contribution in [-0.2, 0) is 21.4 Å². The Balaban J connectivity index is 2.14. The normalized spacial score (nSPS) is 23.9. The van der Waals surface area contributed by atoms with Gasteiger partial charge in [0.1, 0.15) is 0 Å². The van der Waals surface area contributed by atoms with Gasteiger partial charge in [0.25, 0.3) is 10.0 Å². The molecule has 8 heteroatoms. The molecule has 108 valence electrons. The molecule has 0 bridgehead atoms. The van der Waals surface area contributed by atoms with Crippen molar-refractivity contribution in [1.82, 2.24) is 14.9 Å². The lowest BCUT2D eigenvalue weighted by Gasteiger charge is -2.23. The summed E-state index contributed by atoms with van der Waals surface area (Å²) in [6.07, 6.45) is 1.75. The molecule has 1 atom stereocenters. The minimum Gasteiger partial charge on any atom is -0.392 e. The summed E-state index contributed by atoms with van der Waals surface area (Å²) in [4.78, 5) is 0. The molecule has 1 saturated heterocycles. The fourth-order valence-electron chi connectivity index (χ4n) is 2.13. The molecule has 0 spiro atoms. The molecule has 0 saturated carbocycles. The fourth-order valence-corrected chi connectivity index (χ4v) is 3.47. The number of aromatic amines is 1. The number of aromatic nitrogens is 2. The fraction of sp³-hybridized carbons (Fsp3) is 0.727. The zero-order chi connectivity index (χ0) is 14.1. The summed E-state index contributed by atoms with van der Waals surface area (Å²) >= 11 is 0. The SMILES string of the molecule is Cc1[nH]nc(S(=O)(=O)NCC2(C)CCCO2)c1CO. The molecular weight excluding hydrogens is 270 g/mol. The monoisotopic (exact) mass is 289 g/mol. The molecule has 0 aromatic carbocycles. The largest absolute Gasteiger partial charge is 0.392 e. The lowest BCUT2D eigenvalue weighted by Crippen LogP contribution is -2.40.